The number of aromatic nitrogens is 1. The zero-order valence-corrected chi connectivity index (χ0v) is 14.2. The van der Waals surface area contributed by atoms with E-state index >= 15 is 0 Å². The zero-order chi connectivity index (χ0) is 14.5. The van der Waals surface area contributed by atoms with Crippen molar-refractivity contribution in [1.82, 2.24) is 15.2 Å². The van der Waals surface area contributed by atoms with Gasteiger partial charge in [0.15, 0.2) is 0 Å². The first-order valence-electron chi connectivity index (χ1n) is 8.01. The lowest BCUT2D eigenvalue weighted by Crippen LogP contribution is -2.32. The highest BCUT2D eigenvalue weighted by atomic mass is 32.1. The Morgan fingerprint density at radius 2 is 2.05 bits per heavy atom. The number of nitrogens with zero attached hydrogens (tertiary/aromatic N) is 2. The number of likely N-dealkylation sites (tertiary alicyclic amines) is 1. The average molecular weight is 295 g/mol. The fourth-order valence-electron chi connectivity index (χ4n) is 2.63. The van der Waals surface area contributed by atoms with Crippen LogP contribution in [0.5, 0.6) is 0 Å². The smallest absolute Gasteiger partial charge is 0.107 e. The molecule has 0 aromatic carbocycles. The molecule has 0 amide bonds. The quantitative estimate of drug-likeness (QED) is 0.871. The molecule has 1 aromatic heterocycles. The van der Waals surface area contributed by atoms with E-state index in [-0.39, 0.29) is 0 Å². The third kappa shape index (κ3) is 4.54. The highest BCUT2D eigenvalue weighted by Crippen LogP contribution is 2.23. The Balaban J connectivity index is 1.94. The molecule has 4 heteroatoms. The van der Waals surface area contributed by atoms with E-state index < -0.39 is 0 Å². The molecule has 20 heavy (non-hydrogen) atoms. The molecule has 0 atom stereocenters. The highest BCUT2D eigenvalue weighted by molar-refractivity contribution is 7.11. The Hall–Kier alpha value is -0.450. The van der Waals surface area contributed by atoms with Gasteiger partial charge in [0.25, 0.3) is 0 Å². The van der Waals surface area contributed by atoms with Gasteiger partial charge in [-0.05, 0) is 38.3 Å². The first kappa shape index (κ1) is 15.9. The van der Waals surface area contributed by atoms with Gasteiger partial charge in [-0.2, -0.15) is 0 Å². The molecule has 0 radical (unpaired) electrons. The minimum atomic E-state index is 0.536. The minimum Gasteiger partial charge on any atom is -0.310 e. The molecule has 1 aliphatic rings. The molecule has 0 aliphatic carbocycles. The standard InChI is InChI=1S/C16H29N3S/c1-5-14-15(10-17-12(2)3)20-16(18-14)11-19-8-6-13(4)7-9-19/h12-13,17H,5-11H2,1-4H3. The van der Waals surface area contributed by atoms with E-state index in [9.17, 15) is 0 Å². The van der Waals surface area contributed by atoms with Crippen LogP contribution in [0.4, 0.5) is 0 Å². The van der Waals surface area contributed by atoms with Crippen LogP contribution in [0.25, 0.3) is 0 Å². The maximum Gasteiger partial charge on any atom is 0.107 e. The van der Waals surface area contributed by atoms with E-state index in [0.717, 1.165) is 25.4 Å². The maximum atomic E-state index is 4.86. The summed E-state index contributed by atoms with van der Waals surface area (Å²) in [5.74, 6) is 0.902. The molecule has 1 saturated heterocycles. The second-order valence-corrected chi connectivity index (χ2v) is 7.49. The van der Waals surface area contributed by atoms with Crippen molar-refractivity contribution in [2.75, 3.05) is 13.1 Å². The summed E-state index contributed by atoms with van der Waals surface area (Å²) in [6, 6.07) is 0.536. The molecule has 2 rings (SSSR count). The fourth-order valence-corrected chi connectivity index (χ4v) is 3.78. The summed E-state index contributed by atoms with van der Waals surface area (Å²) in [5.41, 5.74) is 1.29. The van der Waals surface area contributed by atoms with Crippen LogP contribution < -0.4 is 5.32 Å². The number of hydrogen-bond acceptors (Lipinski definition) is 4. The van der Waals surface area contributed by atoms with Crippen LogP contribution in [-0.4, -0.2) is 29.0 Å². The molecular formula is C16H29N3S. The molecule has 1 fully saturated rings. The molecule has 0 unspecified atom stereocenters. The first-order valence-corrected chi connectivity index (χ1v) is 8.83. The molecule has 0 saturated carbocycles. The molecular weight excluding hydrogens is 266 g/mol. The Labute approximate surface area is 127 Å². The van der Waals surface area contributed by atoms with E-state index in [1.807, 2.05) is 11.3 Å². The van der Waals surface area contributed by atoms with Gasteiger partial charge in [-0.3, -0.25) is 4.90 Å². The molecule has 1 aliphatic heterocycles. The van der Waals surface area contributed by atoms with Crippen molar-refractivity contribution in [2.24, 2.45) is 5.92 Å². The van der Waals surface area contributed by atoms with Gasteiger partial charge in [0.1, 0.15) is 5.01 Å². The zero-order valence-electron chi connectivity index (χ0n) is 13.4. The van der Waals surface area contributed by atoms with Gasteiger partial charge in [-0.1, -0.05) is 27.7 Å². The largest absolute Gasteiger partial charge is 0.310 e. The lowest BCUT2D eigenvalue weighted by atomic mass is 9.99. The predicted molar refractivity (Wildman–Crippen MR) is 87.1 cm³/mol. The molecule has 114 valence electrons. The summed E-state index contributed by atoms with van der Waals surface area (Å²) in [6.07, 6.45) is 3.73. The summed E-state index contributed by atoms with van der Waals surface area (Å²) < 4.78 is 0. The van der Waals surface area contributed by atoms with Crippen molar-refractivity contribution < 1.29 is 0 Å². The Kier molecular flexibility index (Phi) is 6.00. The van der Waals surface area contributed by atoms with E-state index in [2.05, 4.69) is 37.9 Å². The number of thiazole rings is 1. The lowest BCUT2D eigenvalue weighted by molar-refractivity contribution is 0.185. The normalized spacial score (nSPS) is 18.1. The first-order chi connectivity index (χ1) is 9.58. The second-order valence-electron chi connectivity index (χ2n) is 6.33. The number of aryl methyl sites for hydroxylation is 1. The Bertz CT molecular complexity index is 406. The van der Waals surface area contributed by atoms with E-state index in [1.165, 1.54) is 41.5 Å². The summed E-state index contributed by atoms with van der Waals surface area (Å²) in [4.78, 5) is 8.86. The topological polar surface area (TPSA) is 28.2 Å². The number of piperidine rings is 1. The van der Waals surface area contributed by atoms with Gasteiger partial charge in [0, 0.05) is 17.5 Å². The minimum absolute atomic E-state index is 0.536. The van der Waals surface area contributed by atoms with Gasteiger partial charge in [0.2, 0.25) is 0 Å². The van der Waals surface area contributed by atoms with Crippen molar-refractivity contribution in [3.05, 3.63) is 15.6 Å². The van der Waals surface area contributed by atoms with Crippen molar-refractivity contribution in [2.45, 2.75) is 66.1 Å². The summed E-state index contributed by atoms with van der Waals surface area (Å²) in [5, 5.41) is 4.82. The van der Waals surface area contributed by atoms with Gasteiger partial charge in [0.05, 0.1) is 12.2 Å². The predicted octanol–water partition coefficient (Wildman–Crippen LogP) is 3.44. The van der Waals surface area contributed by atoms with Gasteiger partial charge >= 0.3 is 0 Å². The number of nitrogens with one attached hydrogen (secondary N) is 1. The Morgan fingerprint density at radius 1 is 1.35 bits per heavy atom. The van der Waals surface area contributed by atoms with Crippen molar-refractivity contribution >= 4 is 11.3 Å². The third-order valence-corrected chi connectivity index (χ3v) is 5.15. The van der Waals surface area contributed by atoms with Crippen molar-refractivity contribution in [3.63, 3.8) is 0 Å². The van der Waals surface area contributed by atoms with Crippen LogP contribution in [0.1, 0.15) is 56.1 Å². The average Bonchev–Trinajstić information content (AvgIpc) is 2.81. The van der Waals surface area contributed by atoms with E-state index in [0.29, 0.717) is 6.04 Å². The fraction of sp³-hybridized carbons (Fsp3) is 0.812. The Morgan fingerprint density at radius 3 is 2.65 bits per heavy atom. The summed E-state index contributed by atoms with van der Waals surface area (Å²) in [7, 11) is 0. The monoisotopic (exact) mass is 295 g/mol. The van der Waals surface area contributed by atoms with Gasteiger partial charge < -0.3 is 5.32 Å². The lowest BCUT2D eigenvalue weighted by Gasteiger charge is -2.29. The highest BCUT2D eigenvalue weighted by Gasteiger charge is 2.18. The number of hydrogen-bond donors (Lipinski definition) is 1. The summed E-state index contributed by atoms with van der Waals surface area (Å²) >= 11 is 1.91. The SMILES string of the molecule is CCc1nc(CN2CCC(C)CC2)sc1CNC(C)C. The second kappa shape index (κ2) is 7.53. The summed E-state index contributed by atoms with van der Waals surface area (Å²) in [6.45, 7) is 13.5. The van der Waals surface area contributed by atoms with Gasteiger partial charge in [-0.15, -0.1) is 11.3 Å². The van der Waals surface area contributed by atoms with Crippen LogP contribution >= 0.6 is 11.3 Å². The molecule has 2 heterocycles. The molecule has 0 bridgehead atoms. The molecule has 3 nitrogen and oxygen atoms in total. The van der Waals surface area contributed by atoms with Crippen LogP contribution in [0.2, 0.25) is 0 Å². The molecule has 0 spiro atoms. The van der Waals surface area contributed by atoms with Crippen molar-refractivity contribution in [1.29, 1.82) is 0 Å². The molecule has 1 N–H and O–H groups in total. The van der Waals surface area contributed by atoms with Crippen molar-refractivity contribution in [3.8, 4) is 0 Å². The van der Waals surface area contributed by atoms with Crippen LogP contribution in [0.3, 0.4) is 0 Å². The maximum absolute atomic E-state index is 4.86. The third-order valence-electron chi connectivity index (χ3n) is 4.06. The molecule has 1 aromatic rings. The van der Waals surface area contributed by atoms with Crippen LogP contribution in [-0.2, 0) is 19.5 Å². The van der Waals surface area contributed by atoms with Crippen LogP contribution in [0, 0.1) is 5.92 Å². The van der Waals surface area contributed by atoms with Crippen LogP contribution in [0.15, 0.2) is 0 Å². The van der Waals surface area contributed by atoms with E-state index in [4.69, 9.17) is 4.98 Å². The van der Waals surface area contributed by atoms with E-state index in [1.54, 1.807) is 0 Å². The van der Waals surface area contributed by atoms with Gasteiger partial charge in [-0.25, -0.2) is 4.98 Å². The number of rotatable bonds is 6.